The number of halogens is 1. The fourth-order valence-corrected chi connectivity index (χ4v) is 3.16. The average molecular weight is 370 g/mol. The van der Waals surface area contributed by atoms with Gasteiger partial charge in [-0.05, 0) is 43.7 Å². The van der Waals surface area contributed by atoms with Gasteiger partial charge in [0.25, 0.3) is 5.56 Å². The van der Waals surface area contributed by atoms with Gasteiger partial charge >= 0.3 is 0 Å². The molecule has 0 N–H and O–H groups in total. The number of aryl methyl sites for hydroxylation is 1. The Morgan fingerprint density at radius 1 is 1.27 bits per heavy atom. The lowest BCUT2D eigenvalue weighted by Crippen LogP contribution is -2.27. The van der Waals surface area contributed by atoms with Crippen molar-refractivity contribution < 1.29 is 4.79 Å². The van der Waals surface area contributed by atoms with Gasteiger partial charge in [0.05, 0.1) is 21.7 Å². The van der Waals surface area contributed by atoms with Crippen molar-refractivity contribution in [3.05, 3.63) is 63.0 Å². The number of para-hydroxylation sites is 1. The number of fused-ring (bicyclic) bond motifs is 1. The largest absolute Gasteiger partial charge is 0.375 e. The molecule has 5 nitrogen and oxygen atoms in total. The summed E-state index contributed by atoms with van der Waals surface area (Å²) < 4.78 is 1.49. The first-order valence-corrected chi connectivity index (χ1v) is 8.77. The van der Waals surface area contributed by atoms with Gasteiger partial charge in [-0.1, -0.05) is 23.7 Å². The Balaban J connectivity index is 2.52. The second-order valence-electron chi connectivity index (χ2n) is 6.25. The Hall–Kier alpha value is -2.66. The van der Waals surface area contributed by atoms with E-state index in [0.717, 1.165) is 17.8 Å². The molecule has 3 aromatic rings. The molecule has 6 heteroatoms. The number of rotatable bonds is 4. The van der Waals surface area contributed by atoms with Crippen molar-refractivity contribution in [2.24, 2.45) is 0 Å². The number of carbonyl (C=O) groups is 1. The maximum atomic E-state index is 13.0. The summed E-state index contributed by atoms with van der Waals surface area (Å²) in [6.07, 6.45) is 0. The summed E-state index contributed by atoms with van der Waals surface area (Å²) in [6, 6.07) is 11.0. The quantitative estimate of drug-likeness (QED) is 0.652. The van der Waals surface area contributed by atoms with E-state index in [4.69, 9.17) is 11.6 Å². The van der Waals surface area contributed by atoms with Crippen LogP contribution < -0.4 is 10.5 Å². The molecule has 0 fully saturated rings. The Bertz CT molecular complexity index is 1070. The lowest BCUT2D eigenvalue weighted by atomic mass is 10.1. The molecular weight excluding hydrogens is 350 g/mol. The van der Waals surface area contributed by atoms with E-state index in [2.05, 4.69) is 16.8 Å². The highest BCUT2D eigenvalue weighted by Gasteiger charge is 2.19. The highest BCUT2D eigenvalue weighted by Crippen LogP contribution is 2.28. The van der Waals surface area contributed by atoms with Crippen LogP contribution in [0.4, 0.5) is 5.69 Å². The summed E-state index contributed by atoms with van der Waals surface area (Å²) >= 11 is 6.36. The third-order valence-electron chi connectivity index (χ3n) is 4.48. The van der Waals surface area contributed by atoms with Gasteiger partial charge < -0.3 is 4.90 Å². The van der Waals surface area contributed by atoms with Gasteiger partial charge in [-0.3, -0.25) is 14.2 Å². The van der Waals surface area contributed by atoms with Crippen LogP contribution in [0.25, 0.3) is 16.7 Å². The first-order valence-electron chi connectivity index (χ1n) is 8.39. The zero-order chi connectivity index (χ0) is 19.0. The summed E-state index contributed by atoms with van der Waals surface area (Å²) in [5, 5.41) is 0.434. The smallest absolute Gasteiger partial charge is 0.285 e. The topological polar surface area (TPSA) is 55.2 Å². The Morgan fingerprint density at radius 3 is 2.58 bits per heavy atom. The first-order chi connectivity index (χ1) is 12.3. The minimum atomic E-state index is -0.464. The van der Waals surface area contributed by atoms with Crippen molar-refractivity contribution in [2.75, 3.05) is 18.5 Å². The standard InChI is InChI=1S/C20H20ClN3O2/c1-5-23(4)14-10-12(2)18-17(11-14)24(16-9-7-6-8-15(16)21)20(26)19(22-18)13(3)25/h6-11H,5H2,1-4H3. The lowest BCUT2D eigenvalue weighted by Gasteiger charge is -2.20. The number of hydrogen-bond donors (Lipinski definition) is 0. The maximum absolute atomic E-state index is 13.0. The molecule has 1 heterocycles. The fourth-order valence-electron chi connectivity index (χ4n) is 2.94. The van der Waals surface area contributed by atoms with E-state index < -0.39 is 5.56 Å². The molecule has 0 spiro atoms. The van der Waals surface area contributed by atoms with Crippen molar-refractivity contribution >= 4 is 34.1 Å². The van der Waals surface area contributed by atoms with E-state index >= 15 is 0 Å². The van der Waals surface area contributed by atoms with E-state index in [9.17, 15) is 9.59 Å². The van der Waals surface area contributed by atoms with Crippen molar-refractivity contribution in [1.82, 2.24) is 9.55 Å². The fraction of sp³-hybridized carbons (Fsp3) is 0.250. The number of ketones is 1. The SMILES string of the molecule is CCN(C)c1cc(C)c2nc(C(C)=O)c(=O)n(-c3ccccc3Cl)c2c1. The summed E-state index contributed by atoms with van der Waals surface area (Å²) in [5.74, 6) is -0.369. The van der Waals surface area contributed by atoms with E-state index in [1.165, 1.54) is 11.5 Å². The third-order valence-corrected chi connectivity index (χ3v) is 4.80. The minimum Gasteiger partial charge on any atom is -0.375 e. The van der Waals surface area contributed by atoms with Crippen LogP contribution in [0.1, 0.15) is 29.9 Å². The van der Waals surface area contributed by atoms with Crippen LogP contribution in [0.3, 0.4) is 0 Å². The molecule has 0 radical (unpaired) electrons. The second-order valence-corrected chi connectivity index (χ2v) is 6.66. The molecule has 3 rings (SSSR count). The highest BCUT2D eigenvalue weighted by atomic mass is 35.5. The molecule has 134 valence electrons. The number of benzene rings is 2. The zero-order valence-electron chi connectivity index (χ0n) is 15.2. The lowest BCUT2D eigenvalue weighted by molar-refractivity contribution is 0.101. The summed E-state index contributed by atoms with van der Waals surface area (Å²) in [4.78, 5) is 31.5. The van der Waals surface area contributed by atoms with Gasteiger partial charge in [0.1, 0.15) is 0 Å². The highest BCUT2D eigenvalue weighted by molar-refractivity contribution is 6.32. The van der Waals surface area contributed by atoms with Crippen LogP contribution in [0.2, 0.25) is 5.02 Å². The van der Waals surface area contributed by atoms with Crippen LogP contribution in [0.5, 0.6) is 0 Å². The molecule has 1 aromatic heterocycles. The number of Topliss-reactive ketones (excluding diaryl/α,β-unsaturated/α-hetero) is 1. The zero-order valence-corrected chi connectivity index (χ0v) is 16.0. The van der Waals surface area contributed by atoms with Gasteiger partial charge in [0, 0.05) is 26.2 Å². The monoisotopic (exact) mass is 369 g/mol. The molecule has 26 heavy (non-hydrogen) atoms. The molecule has 2 aromatic carbocycles. The molecular formula is C20H20ClN3O2. The van der Waals surface area contributed by atoms with Gasteiger partial charge in [0.2, 0.25) is 0 Å². The minimum absolute atomic E-state index is 0.0860. The predicted molar refractivity (Wildman–Crippen MR) is 106 cm³/mol. The Labute approximate surface area is 156 Å². The summed E-state index contributed by atoms with van der Waals surface area (Å²) in [5.41, 5.74) is 3.08. The molecule has 0 aliphatic heterocycles. The molecule has 0 unspecified atom stereocenters. The summed E-state index contributed by atoms with van der Waals surface area (Å²) in [6.45, 7) is 6.15. The van der Waals surface area contributed by atoms with Crippen LogP contribution in [-0.2, 0) is 0 Å². The number of carbonyl (C=O) groups excluding carboxylic acids is 1. The van der Waals surface area contributed by atoms with Crippen molar-refractivity contribution in [3.63, 3.8) is 0 Å². The van der Waals surface area contributed by atoms with Crippen molar-refractivity contribution in [3.8, 4) is 5.69 Å². The molecule has 0 aliphatic rings. The van der Waals surface area contributed by atoms with Crippen LogP contribution in [0.15, 0.2) is 41.2 Å². The van der Waals surface area contributed by atoms with E-state index in [-0.39, 0.29) is 11.5 Å². The van der Waals surface area contributed by atoms with Crippen molar-refractivity contribution in [1.29, 1.82) is 0 Å². The van der Waals surface area contributed by atoms with Gasteiger partial charge in [0.15, 0.2) is 11.5 Å². The number of aromatic nitrogens is 2. The van der Waals surface area contributed by atoms with Gasteiger partial charge in [-0.25, -0.2) is 4.98 Å². The van der Waals surface area contributed by atoms with Crippen LogP contribution >= 0.6 is 11.6 Å². The molecule has 0 saturated heterocycles. The van der Waals surface area contributed by atoms with Gasteiger partial charge in [-0.15, -0.1) is 0 Å². The third kappa shape index (κ3) is 2.99. The molecule has 0 amide bonds. The van der Waals surface area contributed by atoms with Crippen molar-refractivity contribution in [2.45, 2.75) is 20.8 Å². The molecule has 0 atom stereocenters. The number of nitrogens with zero attached hydrogens (tertiary/aromatic N) is 3. The number of hydrogen-bond acceptors (Lipinski definition) is 4. The number of anilines is 1. The molecule has 0 saturated carbocycles. The average Bonchev–Trinajstić information content (AvgIpc) is 2.61. The first kappa shape index (κ1) is 18.1. The maximum Gasteiger partial charge on any atom is 0.285 e. The Kier molecular flexibility index (Phi) is 4.83. The van der Waals surface area contributed by atoms with E-state index in [0.29, 0.717) is 21.7 Å². The van der Waals surface area contributed by atoms with Crippen LogP contribution in [0, 0.1) is 6.92 Å². The molecule has 0 aliphatic carbocycles. The predicted octanol–water partition coefficient (Wildman–Crippen LogP) is 4.01. The van der Waals surface area contributed by atoms with Gasteiger partial charge in [-0.2, -0.15) is 0 Å². The van der Waals surface area contributed by atoms with Crippen LogP contribution in [-0.4, -0.2) is 28.9 Å². The van der Waals surface area contributed by atoms with E-state index in [1.807, 2.05) is 32.2 Å². The normalized spacial score (nSPS) is 11.0. The Morgan fingerprint density at radius 2 is 1.96 bits per heavy atom. The van der Waals surface area contributed by atoms with E-state index in [1.54, 1.807) is 18.2 Å². The second kappa shape index (κ2) is 6.92. The molecule has 0 bridgehead atoms. The summed E-state index contributed by atoms with van der Waals surface area (Å²) in [7, 11) is 1.98.